The monoisotopic (exact) mass is 328 g/mol. The van der Waals surface area contributed by atoms with Gasteiger partial charge in [-0.2, -0.15) is 0 Å². The number of rotatable bonds is 10. The van der Waals surface area contributed by atoms with Gasteiger partial charge in [0, 0.05) is 19.3 Å². The van der Waals surface area contributed by atoms with Crippen molar-refractivity contribution in [1.82, 2.24) is 4.72 Å². The molecule has 0 aromatic heterocycles. The summed E-state index contributed by atoms with van der Waals surface area (Å²) in [4.78, 5) is 11.5. The first-order valence-corrected chi connectivity index (χ1v) is 8.86. The Morgan fingerprint density at radius 1 is 1.14 bits per heavy atom. The largest absolute Gasteiger partial charge is 0.375 e. The molecular weight excluding hydrogens is 304 g/mol. The van der Waals surface area contributed by atoms with Gasteiger partial charge in [0.25, 0.3) is 0 Å². The number of amides is 1. The first kappa shape index (κ1) is 18.6. The van der Waals surface area contributed by atoms with Crippen molar-refractivity contribution < 1.29 is 17.9 Å². The van der Waals surface area contributed by atoms with E-state index < -0.39 is 10.0 Å². The Morgan fingerprint density at radius 2 is 1.82 bits per heavy atom. The normalized spacial score (nSPS) is 11.4. The maximum Gasteiger partial charge on any atom is 0.250 e. The molecule has 1 amide bonds. The molecule has 0 aliphatic heterocycles. The molecular formula is C15H24N2O4S. The van der Waals surface area contributed by atoms with Crippen LogP contribution in [-0.4, -0.2) is 34.6 Å². The minimum atomic E-state index is -3.49. The maximum atomic E-state index is 12.1. The zero-order valence-corrected chi connectivity index (χ0v) is 13.9. The second-order valence-corrected chi connectivity index (χ2v) is 6.73. The number of benzene rings is 1. The highest BCUT2D eigenvalue weighted by molar-refractivity contribution is 7.89. The Balaban J connectivity index is 2.55. The molecule has 0 spiro atoms. The minimum absolute atomic E-state index is 0.0423. The van der Waals surface area contributed by atoms with Gasteiger partial charge in [0.05, 0.1) is 4.90 Å². The molecule has 2 N–H and O–H groups in total. The van der Waals surface area contributed by atoms with Gasteiger partial charge >= 0.3 is 0 Å². The topological polar surface area (TPSA) is 84.5 Å². The first-order valence-electron chi connectivity index (χ1n) is 7.38. The molecule has 0 heterocycles. The molecule has 0 saturated carbocycles. The summed E-state index contributed by atoms with van der Waals surface area (Å²) in [7, 11) is -2.06. The number of nitrogens with one attached hydrogen (secondary N) is 2. The molecule has 0 unspecified atom stereocenters. The fourth-order valence-corrected chi connectivity index (χ4v) is 2.96. The van der Waals surface area contributed by atoms with Crippen LogP contribution in [0.15, 0.2) is 29.2 Å². The summed E-state index contributed by atoms with van der Waals surface area (Å²) in [6, 6.07) is 6.05. The number of methoxy groups -OCH3 is 1. The van der Waals surface area contributed by atoms with E-state index in [1.54, 1.807) is 12.1 Å². The van der Waals surface area contributed by atoms with Crippen LogP contribution in [0.3, 0.4) is 0 Å². The highest BCUT2D eigenvalue weighted by Crippen LogP contribution is 2.14. The fraction of sp³-hybridized carbons (Fsp3) is 0.533. The van der Waals surface area contributed by atoms with E-state index in [0.29, 0.717) is 12.2 Å². The van der Waals surface area contributed by atoms with Crippen LogP contribution < -0.4 is 10.0 Å². The Morgan fingerprint density at radius 3 is 2.41 bits per heavy atom. The molecule has 0 atom stereocenters. The number of ether oxygens (including phenoxy) is 1. The number of carbonyl (C=O) groups is 1. The lowest BCUT2D eigenvalue weighted by Gasteiger charge is -2.08. The molecule has 1 aromatic rings. The van der Waals surface area contributed by atoms with Crippen LogP contribution in [-0.2, 0) is 19.6 Å². The number of hydrogen-bond donors (Lipinski definition) is 2. The summed E-state index contributed by atoms with van der Waals surface area (Å²) in [5.74, 6) is -0.285. The molecule has 0 saturated heterocycles. The van der Waals surface area contributed by atoms with Crippen LogP contribution in [0.5, 0.6) is 0 Å². The highest BCUT2D eigenvalue weighted by Gasteiger charge is 2.13. The number of carbonyl (C=O) groups excluding carboxylic acids is 1. The minimum Gasteiger partial charge on any atom is -0.375 e. The number of anilines is 1. The van der Waals surface area contributed by atoms with E-state index in [0.717, 1.165) is 25.7 Å². The standard InChI is InChI=1S/C15H24N2O4S/c1-3-4-5-6-11-16-22(19,20)14-9-7-13(8-10-14)17-15(18)12-21-2/h7-10,16H,3-6,11-12H2,1-2H3,(H,17,18). The lowest BCUT2D eigenvalue weighted by molar-refractivity contribution is -0.119. The van der Waals surface area contributed by atoms with Gasteiger partial charge in [0.2, 0.25) is 15.9 Å². The molecule has 0 radical (unpaired) electrons. The van der Waals surface area contributed by atoms with Crippen LogP contribution in [0.25, 0.3) is 0 Å². The molecule has 124 valence electrons. The molecule has 0 bridgehead atoms. The average molecular weight is 328 g/mol. The Labute approximate surface area is 132 Å². The average Bonchev–Trinajstić information content (AvgIpc) is 2.48. The second kappa shape index (κ2) is 9.55. The lowest BCUT2D eigenvalue weighted by Crippen LogP contribution is -2.24. The van der Waals surface area contributed by atoms with Gasteiger partial charge in [0.1, 0.15) is 6.61 Å². The third kappa shape index (κ3) is 6.55. The van der Waals surface area contributed by atoms with Gasteiger partial charge in [0.15, 0.2) is 0 Å². The third-order valence-electron chi connectivity index (χ3n) is 3.05. The van der Waals surface area contributed by atoms with Gasteiger partial charge < -0.3 is 10.1 Å². The van der Waals surface area contributed by atoms with E-state index in [9.17, 15) is 13.2 Å². The second-order valence-electron chi connectivity index (χ2n) is 4.96. The van der Waals surface area contributed by atoms with Gasteiger partial charge in [-0.25, -0.2) is 13.1 Å². The van der Waals surface area contributed by atoms with Crippen molar-refractivity contribution in [2.45, 2.75) is 37.5 Å². The third-order valence-corrected chi connectivity index (χ3v) is 4.52. The zero-order valence-electron chi connectivity index (χ0n) is 13.1. The summed E-state index contributed by atoms with van der Waals surface area (Å²) in [6.07, 6.45) is 4.07. The lowest BCUT2D eigenvalue weighted by atomic mass is 10.2. The van der Waals surface area contributed by atoms with Gasteiger partial charge in [-0.05, 0) is 30.7 Å². The molecule has 7 heteroatoms. The molecule has 1 rings (SSSR count). The van der Waals surface area contributed by atoms with Gasteiger partial charge in [-0.1, -0.05) is 26.2 Å². The quantitative estimate of drug-likeness (QED) is 0.644. The van der Waals surface area contributed by atoms with E-state index >= 15 is 0 Å². The summed E-state index contributed by atoms with van der Waals surface area (Å²) in [5.41, 5.74) is 0.531. The summed E-state index contributed by atoms with van der Waals surface area (Å²) < 4.78 is 31.5. The summed E-state index contributed by atoms with van der Waals surface area (Å²) in [6.45, 7) is 2.51. The smallest absolute Gasteiger partial charge is 0.250 e. The molecule has 6 nitrogen and oxygen atoms in total. The van der Waals surface area contributed by atoms with Crippen LogP contribution in [0.4, 0.5) is 5.69 Å². The van der Waals surface area contributed by atoms with Crippen molar-refractivity contribution in [3.63, 3.8) is 0 Å². The van der Waals surface area contributed by atoms with E-state index in [-0.39, 0.29) is 17.4 Å². The Hall–Kier alpha value is -1.44. The zero-order chi connectivity index (χ0) is 16.4. The molecule has 0 fully saturated rings. The molecule has 1 aromatic carbocycles. The van der Waals surface area contributed by atoms with Crippen LogP contribution >= 0.6 is 0 Å². The highest BCUT2D eigenvalue weighted by atomic mass is 32.2. The van der Waals surface area contributed by atoms with E-state index in [2.05, 4.69) is 17.0 Å². The summed E-state index contributed by atoms with van der Waals surface area (Å²) >= 11 is 0. The van der Waals surface area contributed by atoms with Crippen LogP contribution in [0.2, 0.25) is 0 Å². The van der Waals surface area contributed by atoms with Crippen molar-refractivity contribution in [2.75, 3.05) is 25.6 Å². The van der Waals surface area contributed by atoms with Gasteiger partial charge in [-0.3, -0.25) is 4.79 Å². The van der Waals surface area contributed by atoms with E-state index in [1.165, 1.54) is 19.2 Å². The van der Waals surface area contributed by atoms with Crippen molar-refractivity contribution in [3.05, 3.63) is 24.3 Å². The van der Waals surface area contributed by atoms with Crippen molar-refractivity contribution in [3.8, 4) is 0 Å². The molecule has 0 aliphatic carbocycles. The van der Waals surface area contributed by atoms with Crippen LogP contribution in [0.1, 0.15) is 32.6 Å². The Bertz CT molecular complexity index is 555. The number of sulfonamides is 1. The molecule has 22 heavy (non-hydrogen) atoms. The van der Waals surface area contributed by atoms with Crippen LogP contribution in [0, 0.1) is 0 Å². The number of unbranched alkanes of at least 4 members (excludes halogenated alkanes) is 3. The number of hydrogen-bond acceptors (Lipinski definition) is 4. The predicted molar refractivity (Wildman–Crippen MR) is 86.3 cm³/mol. The predicted octanol–water partition coefficient (Wildman–Crippen LogP) is 2.13. The van der Waals surface area contributed by atoms with Gasteiger partial charge in [-0.15, -0.1) is 0 Å². The fourth-order valence-electron chi connectivity index (χ4n) is 1.89. The SMILES string of the molecule is CCCCCCNS(=O)(=O)c1ccc(NC(=O)COC)cc1. The summed E-state index contributed by atoms with van der Waals surface area (Å²) in [5, 5.41) is 2.61. The molecule has 0 aliphatic rings. The van der Waals surface area contributed by atoms with Crippen molar-refractivity contribution in [1.29, 1.82) is 0 Å². The first-order chi connectivity index (χ1) is 10.5. The van der Waals surface area contributed by atoms with E-state index in [1.807, 2.05) is 0 Å². The maximum absolute atomic E-state index is 12.1. The van der Waals surface area contributed by atoms with Crippen molar-refractivity contribution >= 4 is 21.6 Å². The Kier molecular flexibility index (Phi) is 8.08. The van der Waals surface area contributed by atoms with E-state index in [4.69, 9.17) is 4.74 Å². The van der Waals surface area contributed by atoms with Crippen molar-refractivity contribution in [2.24, 2.45) is 0 Å².